The molecule has 1 unspecified atom stereocenters. The van der Waals surface area contributed by atoms with Crippen LogP contribution < -0.4 is 11.3 Å². The van der Waals surface area contributed by atoms with E-state index in [1.54, 1.807) is 12.1 Å². The van der Waals surface area contributed by atoms with Crippen molar-refractivity contribution in [3.05, 3.63) is 68.4 Å². The second-order valence-corrected chi connectivity index (χ2v) is 6.01. The Labute approximate surface area is 131 Å². The minimum absolute atomic E-state index is 0.197. The van der Waals surface area contributed by atoms with E-state index in [0.717, 1.165) is 15.6 Å². The first-order valence-electron chi connectivity index (χ1n) is 6.17. The van der Waals surface area contributed by atoms with Gasteiger partial charge in [-0.2, -0.15) is 0 Å². The Hall–Kier alpha value is -0.940. The van der Waals surface area contributed by atoms with E-state index in [2.05, 4.69) is 21.4 Å². The SMILES string of the molecule is Cc1ccc(Cl)cc1C(Cc1cc(Br)ccc1F)NN. The lowest BCUT2D eigenvalue weighted by Crippen LogP contribution is -2.30. The molecule has 2 rings (SSSR count). The van der Waals surface area contributed by atoms with Crippen LogP contribution in [0, 0.1) is 12.7 Å². The van der Waals surface area contributed by atoms with Crippen molar-refractivity contribution < 1.29 is 4.39 Å². The maximum absolute atomic E-state index is 13.8. The molecule has 106 valence electrons. The van der Waals surface area contributed by atoms with E-state index in [4.69, 9.17) is 17.4 Å². The van der Waals surface area contributed by atoms with Gasteiger partial charge < -0.3 is 0 Å². The Morgan fingerprint density at radius 3 is 2.75 bits per heavy atom. The van der Waals surface area contributed by atoms with Crippen LogP contribution in [-0.2, 0) is 6.42 Å². The molecule has 1 atom stereocenters. The van der Waals surface area contributed by atoms with Gasteiger partial charge in [0.25, 0.3) is 0 Å². The lowest BCUT2D eigenvalue weighted by Gasteiger charge is -2.19. The smallest absolute Gasteiger partial charge is 0.126 e. The van der Waals surface area contributed by atoms with Crippen LogP contribution in [0.3, 0.4) is 0 Å². The van der Waals surface area contributed by atoms with Gasteiger partial charge in [-0.25, -0.2) is 4.39 Å². The molecule has 20 heavy (non-hydrogen) atoms. The molecule has 0 saturated carbocycles. The third-order valence-electron chi connectivity index (χ3n) is 3.25. The van der Waals surface area contributed by atoms with Crippen LogP contribution in [-0.4, -0.2) is 0 Å². The van der Waals surface area contributed by atoms with E-state index < -0.39 is 0 Å². The largest absolute Gasteiger partial charge is 0.271 e. The molecule has 0 spiro atoms. The second-order valence-electron chi connectivity index (χ2n) is 4.66. The molecule has 0 aliphatic heterocycles. The maximum atomic E-state index is 13.8. The zero-order valence-electron chi connectivity index (χ0n) is 11.0. The van der Waals surface area contributed by atoms with E-state index >= 15 is 0 Å². The number of hydrogen-bond donors (Lipinski definition) is 2. The molecule has 2 nitrogen and oxygen atoms in total. The highest BCUT2D eigenvalue weighted by atomic mass is 79.9. The molecule has 0 bridgehead atoms. The monoisotopic (exact) mass is 356 g/mol. The number of halogens is 3. The van der Waals surface area contributed by atoms with Gasteiger partial charge >= 0.3 is 0 Å². The molecule has 3 N–H and O–H groups in total. The Morgan fingerprint density at radius 1 is 1.30 bits per heavy atom. The number of rotatable bonds is 4. The highest BCUT2D eigenvalue weighted by molar-refractivity contribution is 9.10. The average Bonchev–Trinajstić information content (AvgIpc) is 2.42. The Morgan fingerprint density at radius 2 is 2.05 bits per heavy atom. The van der Waals surface area contributed by atoms with Gasteiger partial charge in [-0.3, -0.25) is 11.3 Å². The van der Waals surface area contributed by atoms with Crippen LogP contribution in [0.15, 0.2) is 40.9 Å². The van der Waals surface area contributed by atoms with Crippen molar-refractivity contribution in [1.82, 2.24) is 5.43 Å². The van der Waals surface area contributed by atoms with Crippen LogP contribution in [0.1, 0.15) is 22.7 Å². The molecule has 0 fully saturated rings. The van der Waals surface area contributed by atoms with Crippen molar-refractivity contribution in [1.29, 1.82) is 0 Å². The lowest BCUT2D eigenvalue weighted by atomic mass is 9.95. The molecule has 0 heterocycles. The maximum Gasteiger partial charge on any atom is 0.126 e. The molecule has 2 aromatic rings. The summed E-state index contributed by atoms with van der Waals surface area (Å²) in [6.45, 7) is 1.98. The summed E-state index contributed by atoms with van der Waals surface area (Å²) in [5, 5.41) is 0.639. The number of hydrogen-bond acceptors (Lipinski definition) is 2. The normalized spacial score (nSPS) is 12.4. The first kappa shape index (κ1) is 15.4. The van der Waals surface area contributed by atoms with Crippen LogP contribution in [0.5, 0.6) is 0 Å². The topological polar surface area (TPSA) is 38.0 Å². The van der Waals surface area contributed by atoms with Gasteiger partial charge in [0.15, 0.2) is 0 Å². The quantitative estimate of drug-likeness (QED) is 0.632. The summed E-state index contributed by atoms with van der Waals surface area (Å²) in [6.07, 6.45) is 0.447. The summed E-state index contributed by atoms with van der Waals surface area (Å²) in [4.78, 5) is 0. The van der Waals surface area contributed by atoms with Crippen molar-refractivity contribution in [2.24, 2.45) is 5.84 Å². The predicted molar refractivity (Wildman–Crippen MR) is 84.1 cm³/mol. The lowest BCUT2D eigenvalue weighted by molar-refractivity contribution is 0.527. The molecule has 0 saturated heterocycles. The third kappa shape index (κ3) is 3.58. The molecular weight excluding hydrogens is 343 g/mol. The highest BCUT2D eigenvalue weighted by Crippen LogP contribution is 2.26. The van der Waals surface area contributed by atoms with Crippen molar-refractivity contribution in [2.45, 2.75) is 19.4 Å². The van der Waals surface area contributed by atoms with Gasteiger partial charge in [0, 0.05) is 9.50 Å². The molecule has 0 aromatic heterocycles. The van der Waals surface area contributed by atoms with Gasteiger partial charge in [-0.15, -0.1) is 0 Å². The third-order valence-corrected chi connectivity index (χ3v) is 3.98. The van der Waals surface area contributed by atoms with E-state index in [0.29, 0.717) is 17.0 Å². The van der Waals surface area contributed by atoms with Crippen molar-refractivity contribution in [3.8, 4) is 0 Å². The zero-order chi connectivity index (χ0) is 14.7. The van der Waals surface area contributed by atoms with Crippen molar-refractivity contribution >= 4 is 27.5 Å². The molecule has 0 aliphatic rings. The average molecular weight is 358 g/mol. The van der Waals surface area contributed by atoms with Crippen LogP contribution in [0.4, 0.5) is 4.39 Å². The second kappa shape index (κ2) is 6.68. The van der Waals surface area contributed by atoms with Gasteiger partial charge in [0.1, 0.15) is 5.82 Å². The summed E-state index contributed by atoms with van der Waals surface area (Å²) >= 11 is 9.38. The van der Waals surface area contributed by atoms with Crippen LogP contribution in [0.2, 0.25) is 5.02 Å². The Balaban J connectivity index is 2.33. The number of hydrazine groups is 1. The molecular formula is C15H15BrClFN2. The minimum atomic E-state index is -0.242. The van der Waals surface area contributed by atoms with Gasteiger partial charge in [0.05, 0.1) is 6.04 Å². The fraction of sp³-hybridized carbons (Fsp3) is 0.200. The number of benzene rings is 2. The first-order chi connectivity index (χ1) is 9.51. The number of aryl methyl sites for hydroxylation is 1. The van der Waals surface area contributed by atoms with E-state index in [1.807, 2.05) is 25.1 Å². The molecule has 0 aliphatic carbocycles. The Kier molecular flexibility index (Phi) is 5.16. The minimum Gasteiger partial charge on any atom is -0.271 e. The summed E-state index contributed by atoms with van der Waals surface area (Å²) in [5.74, 6) is 5.39. The highest BCUT2D eigenvalue weighted by Gasteiger charge is 2.16. The van der Waals surface area contributed by atoms with E-state index in [9.17, 15) is 4.39 Å². The van der Waals surface area contributed by atoms with Crippen molar-refractivity contribution in [2.75, 3.05) is 0 Å². The Bertz CT molecular complexity index is 619. The van der Waals surface area contributed by atoms with Gasteiger partial charge in [-0.1, -0.05) is 33.6 Å². The van der Waals surface area contributed by atoms with E-state index in [1.165, 1.54) is 6.07 Å². The number of nitrogens with one attached hydrogen (secondary N) is 1. The summed E-state index contributed by atoms with van der Waals surface area (Å²) in [7, 11) is 0. The molecule has 2 aromatic carbocycles. The summed E-state index contributed by atoms with van der Waals surface area (Å²) in [5.41, 5.74) is 5.37. The zero-order valence-corrected chi connectivity index (χ0v) is 13.3. The fourth-order valence-corrected chi connectivity index (χ4v) is 2.75. The van der Waals surface area contributed by atoms with Gasteiger partial charge in [-0.05, 0) is 60.4 Å². The number of nitrogens with two attached hydrogens (primary N) is 1. The molecule has 0 amide bonds. The van der Waals surface area contributed by atoms with Crippen molar-refractivity contribution in [3.63, 3.8) is 0 Å². The first-order valence-corrected chi connectivity index (χ1v) is 7.34. The summed E-state index contributed by atoms with van der Waals surface area (Å²) < 4.78 is 14.7. The standard InChI is InChI=1S/C15H15BrClFN2/c1-9-2-4-12(17)8-13(9)15(20-19)7-10-6-11(16)3-5-14(10)18/h2-6,8,15,20H,7,19H2,1H3. The molecule has 5 heteroatoms. The van der Waals surface area contributed by atoms with Crippen LogP contribution in [0.25, 0.3) is 0 Å². The van der Waals surface area contributed by atoms with Crippen LogP contribution >= 0.6 is 27.5 Å². The molecule has 0 radical (unpaired) electrons. The van der Waals surface area contributed by atoms with E-state index in [-0.39, 0.29) is 11.9 Å². The predicted octanol–water partition coefficient (Wildman–Crippen LogP) is 4.30. The van der Waals surface area contributed by atoms with Gasteiger partial charge in [0.2, 0.25) is 0 Å². The fourth-order valence-electron chi connectivity index (χ4n) is 2.17. The summed E-state index contributed by atoms with van der Waals surface area (Å²) in [6, 6.07) is 10.3.